The highest BCUT2D eigenvalue weighted by molar-refractivity contribution is 5.64. The summed E-state index contributed by atoms with van der Waals surface area (Å²) in [5.74, 6) is 0. The molecular formula is C20H28O4. The molecule has 0 saturated heterocycles. The topological polar surface area (TPSA) is 58.9 Å². The zero-order valence-corrected chi connectivity index (χ0v) is 15.3. The molecule has 0 aliphatic heterocycles. The van der Waals surface area contributed by atoms with Gasteiger partial charge in [-0.1, -0.05) is 62.4 Å². The Labute approximate surface area is 144 Å². The average molecular weight is 332 g/mol. The van der Waals surface area contributed by atoms with Gasteiger partial charge >= 0.3 is 0 Å². The Bertz CT molecular complexity index is 556. The molecule has 24 heavy (non-hydrogen) atoms. The lowest BCUT2D eigenvalue weighted by molar-refractivity contribution is -0.318. The molecule has 0 saturated carbocycles. The molecule has 0 atom stereocenters. The van der Waals surface area contributed by atoms with E-state index >= 15 is 0 Å². The van der Waals surface area contributed by atoms with Gasteiger partial charge in [0.15, 0.2) is 0 Å². The van der Waals surface area contributed by atoms with Crippen LogP contribution in [0.1, 0.15) is 52.7 Å². The van der Waals surface area contributed by atoms with Crippen LogP contribution in [0.15, 0.2) is 48.5 Å². The lowest BCUT2D eigenvalue weighted by Crippen LogP contribution is -2.19. The first kappa shape index (κ1) is 20.3. The maximum Gasteiger partial charge on any atom is 0.123 e. The molecule has 0 heterocycles. The van der Waals surface area contributed by atoms with Crippen molar-refractivity contribution >= 4 is 0 Å². The van der Waals surface area contributed by atoms with Crippen molar-refractivity contribution in [3.05, 3.63) is 59.7 Å². The van der Waals surface area contributed by atoms with Gasteiger partial charge in [0.05, 0.1) is 0 Å². The molecule has 0 spiro atoms. The first-order valence-electron chi connectivity index (χ1n) is 8.17. The minimum absolute atomic E-state index is 0.731. The summed E-state index contributed by atoms with van der Waals surface area (Å²) >= 11 is 0. The molecule has 132 valence electrons. The van der Waals surface area contributed by atoms with Crippen LogP contribution in [0.2, 0.25) is 0 Å². The summed E-state index contributed by atoms with van der Waals surface area (Å²) in [6.07, 6.45) is 0. The van der Waals surface area contributed by atoms with E-state index in [9.17, 15) is 0 Å². The fourth-order valence-electron chi connectivity index (χ4n) is 2.23. The van der Waals surface area contributed by atoms with Gasteiger partial charge in [-0.25, -0.2) is 9.78 Å². The first-order chi connectivity index (χ1) is 11.3. The molecule has 2 aromatic carbocycles. The maximum atomic E-state index is 8.93. The van der Waals surface area contributed by atoms with Crippen molar-refractivity contribution in [3.8, 4) is 11.1 Å². The lowest BCUT2D eigenvalue weighted by Gasteiger charge is -2.22. The fraction of sp³-hybridized carbons (Fsp3) is 0.400. The van der Waals surface area contributed by atoms with Gasteiger partial charge in [-0.3, -0.25) is 10.5 Å². The molecule has 0 aromatic heterocycles. The van der Waals surface area contributed by atoms with Crippen molar-refractivity contribution in [1.82, 2.24) is 0 Å². The van der Waals surface area contributed by atoms with E-state index in [1.807, 2.05) is 62.4 Å². The van der Waals surface area contributed by atoms with Gasteiger partial charge in [-0.15, -0.1) is 0 Å². The summed E-state index contributed by atoms with van der Waals surface area (Å²) in [4.78, 5) is 8.99. The van der Waals surface area contributed by atoms with Crippen LogP contribution in [0, 0.1) is 0 Å². The second-order valence-electron chi connectivity index (χ2n) is 6.36. The standard InChI is InChI=1S/C18H22O4.C2H6/c1-17(2,21-19)15-9-5-13(6-10-15)14-7-11-16(12-8-14)18(3,4)22-20;1-2/h5-12,19-20H,1-4H3;1-2H3. The molecule has 2 rings (SSSR count). The second kappa shape index (κ2) is 8.40. The van der Waals surface area contributed by atoms with Crippen LogP contribution in [0.3, 0.4) is 0 Å². The third-order valence-corrected chi connectivity index (χ3v) is 3.95. The molecule has 0 aliphatic carbocycles. The van der Waals surface area contributed by atoms with Crippen LogP contribution in [0.5, 0.6) is 0 Å². The second-order valence-corrected chi connectivity index (χ2v) is 6.36. The Hall–Kier alpha value is -1.72. The summed E-state index contributed by atoms with van der Waals surface area (Å²) in [6, 6.07) is 15.7. The predicted octanol–water partition coefficient (Wildman–Crippen LogP) is 5.83. The zero-order valence-electron chi connectivity index (χ0n) is 15.3. The molecule has 0 unspecified atom stereocenters. The van der Waals surface area contributed by atoms with Crippen LogP contribution in [-0.4, -0.2) is 10.5 Å². The van der Waals surface area contributed by atoms with Crippen molar-refractivity contribution in [2.75, 3.05) is 0 Å². The van der Waals surface area contributed by atoms with E-state index in [2.05, 4.69) is 9.78 Å². The Morgan fingerprint density at radius 3 is 1.04 bits per heavy atom. The average Bonchev–Trinajstić information content (AvgIpc) is 2.63. The summed E-state index contributed by atoms with van der Waals surface area (Å²) in [6.45, 7) is 11.2. The third kappa shape index (κ3) is 4.65. The van der Waals surface area contributed by atoms with Gasteiger partial charge < -0.3 is 0 Å². The lowest BCUT2D eigenvalue weighted by atomic mass is 9.93. The molecule has 4 nitrogen and oxygen atoms in total. The number of hydrogen-bond acceptors (Lipinski definition) is 4. The molecular weight excluding hydrogens is 304 g/mol. The van der Waals surface area contributed by atoms with E-state index in [1.54, 1.807) is 27.7 Å². The molecule has 0 bridgehead atoms. The van der Waals surface area contributed by atoms with Crippen molar-refractivity contribution in [1.29, 1.82) is 0 Å². The molecule has 4 heteroatoms. The smallest absolute Gasteiger partial charge is 0.123 e. The van der Waals surface area contributed by atoms with E-state index in [0.717, 1.165) is 22.3 Å². The van der Waals surface area contributed by atoms with Crippen molar-refractivity contribution in [2.24, 2.45) is 0 Å². The Balaban J connectivity index is 0.00000139. The highest BCUT2D eigenvalue weighted by atomic mass is 17.1. The van der Waals surface area contributed by atoms with E-state index in [0.29, 0.717) is 0 Å². The predicted molar refractivity (Wildman–Crippen MR) is 96.7 cm³/mol. The van der Waals surface area contributed by atoms with Gasteiger partial charge in [0.2, 0.25) is 0 Å². The van der Waals surface area contributed by atoms with Crippen molar-refractivity contribution in [2.45, 2.75) is 52.7 Å². The van der Waals surface area contributed by atoms with Gasteiger partial charge in [0, 0.05) is 0 Å². The molecule has 0 aliphatic rings. The highest BCUT2D eigenvalue weighted by Gasteiger charge is 2.22. The molecule has 0 fully saturated rings. The molecule has 0 amide bonds. The maximum absolute atomic E-state index is 8.93. The summed E-state index contributed by atoms with van der Waals surface area (Å²) in [5.41, 5.74) is 2.45. The van der Waals surface area contributed by atoms with Crippen LogP contribution in [0.4, 0.5) is 0 Å². The Kier molecular flexibility index (Phi) is 7.11. The SMILES string of the molecule is CC.CC(C)(OO)c1ccc(-c2ccc(C(C)(C)OO)cc2)cc1. The van der Waals surface area contributed by atoms with E-state index in [-0.39, 0.29) is 0 Å². The molecule has 2 aromatic rings. The monoisotopic (exact) mass is 332 g/mol. The van der Waals surface area contributed by atoms with Gasteiger partial charge in [0.25, 0.3) is 0 Å². The number of hydrogen-bond donors (Lipinski definition) is 2. The summed E-state index contributed by atoms with van der Waals surface area (Å²) in [7, 11) is 0. The van der Waals surface area contributed by atoms with Crippen LogP contribution in [0.25, 0.3) is 11.1 Å². The third-order valence-electron chi connectivity index (χ3n) is 3.95. The largest absolute Gasteiger partial charge is 0.251 e. The van der Waals surface area contributed by atoms with Gasteiger partial charge in [-0.05, 0) is 49.9 Å². The quantitative estimate of drug-likeness (QED) is 0.534. The molecule has 2 N–H and O–H groups in total. The number of benzene rings is 2. The van der Waals surface area contributed by atoms with Crippen LogP contribution >= 0.6 is 0 Å². The van der Waals surface area contributed by atoms with Crippen molar-refractivity contribution in [3.63, 3.8) is 0 Å². The van der Waals surface area contributed by atoms with E-state index in [1.165, 1.54) is 0 Å². The van der Waals surface area contributed by atoms with Crippen LogP contribution < -0.4 is 0 Å². The fourth-order valence-corrected chi connectivity index (χ4v) is 2.23. The highest BCUT2D eigenvalue weighted by Crippen LogP contribution is 2.29. The number of rotatable bonds is 5. The molecule has 0 radical (unpaired) electrons. The van der Waals surface area contributed by atoms with Gasteiger partial charge in [-0.2, -0.15) is 0 Å². The minimum Gasteiger partial charge on any atom is -0.251 e. The Morgan fingerprint density at radius 2 is 0.833 bits per heavy atom. The first-order valence-corrected chi connectivity index (χ1v) is 8.17. The zero-order chi connectivity index (χ0) is 18.4. The van der Waals surface area contributed by atoms with E-state index < -0.39 is 11.2 Å². The summed E-state index contributed by atoms with van der Waals surface area (Å²) in [5, 5.41) is 17.9. The minimum atomic E-state index is -0.731. The normalized spacial score (nSPS) is 11.7. The Morgan fingerprint density at radius 1 is 0.583 bits per heavy atom. The van der Waals surface area contributed by atoms with Crippen LogP contribution in [-0.2, 0) is 21.0 Å². The van der Waals surface area contributed by atoms with Crippen molar-refractivity contribution < 1.29 is 20.3 Å². The van der Waals surface area contributed by atoms with E-state index in [4.69, 9.17) is 10.5 Å². The van der Waals surface area contributed by atoms with Gasteiger partial charge in [0.1, 0.15) is 11.2 Å². The summed E-state index contributed by atoms with van der Waals surface area (Å²) < 4.78 is 0.